The standard InChI is InChI=1S/C30H54O12/c1-30(2,3)27-6-4-5-7-28(27)42-29(32)26-41-25-24-40-23-22-39-21-20-38-19-18-37-17-16-36-15-14-35-13-12-34-11-10-33-9-8-31/h4-7,29,31-32H,8-26H2,1-3H3. The molecule has 0 aliphatic rings. The fourth-order valence-electron chi connectivity index (χ4n) is 3.38. The predicted molar refractivity (Wildman–Crippen MR) is 156 cm³/mol. The Kier molecular flexibility index (Phi) is 25.0. The smallest absolute Gasteiger partial charge is 0.221 e. The highest BCUT2D eigenvalue weighted by molar-refractivity contribution is 5.38. The summed E-state index contributed by atoms with van der Waals surface area (Å²) in [5.41, 5.74) is 0.945. The number of para-hydroxylation sites is 1. The maximum Gasteiger partial charge on any atom is 0.221 e. The number of ether oxygens (including phenoxy) is 10. The van der Waals surface area contributed by atoms with Gasteiger partial charge in [-0.05, 0) is 17.0 Å². The van der Waals surface area contributed by atoms with Crippen LogP contribution < -0.4 is 4.74 Å². The van der Waals surface area contributed by atoms with Crippen molar-refractivity contribution in [3.63, 3.8) is 0 Å². The highest BCUT2D eigenvalue weighted by Crippen LogP contribution is 2.31. The van der Waals surface area contributed by atoms with Crippen molar-refractivity contribution in [1.82, 2.24) is 0 Å². The molecule has 0 aliphatic heterocycles. The van der Waals surface area contributed by atoms with Crippen molar-refractivity contribution in [3.05, 3.63) is 29.8 Å². The van der Waals surface area contributed by atoms with Crippen LogP contribution in [-0.4, -0.2) is 142 Å². The zero-order chi connectivity index (χ0) is 30.6. The molecule has 1 aromatic rings. The summed E-state index contributed by atoms with van der Waals surface area (Å²) < 4.78 is 54.2. The lowest BCUT2D eigenvalue weighted by Gasteiger charge is -2.24. The molecule has 1 aromatic carbocycles. The minimum Gasteiger partial charge on any atom is -0.462 e. The Balaban J connectivity index is 1.76. The van der Waals surface area contributed by atoms with Crippen LogP contribution in [0.15, 0.2) is 24.3 Å². The van der Waals surface area contributed by atoms with Crippen molar-refractivity contribution in [3.8, 4) is 5.75 Å². The Labute approximate surface area is 251 Å². The van der Waals surface area contributed by atoms with Crippen LogP contribution >= 0.6 is 0 Å². The molecule has 12 heteroatoms. The summed E-state index contributed by atoms with van der Waals surface area (Å²) >= 11 is 0. The van der Waals surface area contributed by atoms with E-state index in [2.05, 4.69) is 20.8 Å². The van der Waals surface area contributed by atoms with Crippen LogP contribution in [0.4, 0.5) is 0 Å². The summed E-state index contributed by atoms with van der Waals surface area (Å²) in [7, 11) is 0. The highest BCUT2D eigenvalue weighted by Gasteiger charge is 2.20. The fourth-order valence-corrected chi connectivity index (χ4v) is 3.38. The number of aliphatic hydroxyl groups is 2. The van der Waals surface area contributed by atoms with Crippen molar-refractivity contribution in [2.45, 2.75) is 32.5 Å². The van der Waals surface area contributed by atoms with Gasteiger partial charge >= 0.3 is 0 Å². The van der Waals surface area contributed by atoms with Gasteiger partial charge in [-0.3, -0.25) is 0 Å². The molecule has 0 heterocycles. The Morgan fingerprint density at radius 1 is 0.524 bits per heavy atom. The molecule has 0 radical (unpaired) electrons. The van der Waals surface area contributed by atoms with E-state index in [1.165, 1.54) is 0 Å². The number of rotatable bonds is 30. The first-order chi connectivity index (χ1) is 20.4. The van der Waals surface area contributed by atoms with Crippen molar-refractivity contribution in [2.24, 2.45) is 0 Å². The van der Waals surface area contributed by atoms with E-state index in [0.29, 0.717) is 118 Å². The Hall–Kier alpha value is -1.42. The molecule has 0 bridgehead atoms. The zero-order valence-electron chi connectivity index (χ0n) is 25.8. The summed E-state index contributed by atoms with van der Waals surface area (Å²) in [6, 6.07) is 7.70. The average molecular weight is 607 g/mol. The summed E-state index contributed by atoms with van der Waals surface area (Å²) in [6.45, 7) is 14.3. The third kappa shape index (κ3) is 23.1. The second-order valence-electron chi connectivity index (χ2n) is 10.0. The highest BCUT2D eigenvalue weighted by atomic mass is 16.6. The zero-order valence-corrected chi connectivity index (χ0v) is 25.8. The summed E-state index contributed by atoms with van der Waals surface area (Å²) in [6.07, 6.45) is -1.05. The molecular formula is C30H54O12. The molecule has 1 rings (SSSR count). The van der Waals surface area contributed by atoms with E-state index in [0.717, 1.165) is 5.56 Å². The molecule has 0 aromatic heterocycles. The fraction of sp³-hybridized carbons (Fsp3) is 0.800. The van der Waals surface area contributed by atoms with Gasteiger partial charge in [0, 0.05) is 0 Å². The Bertz CT molecular complexity index is 716. The van der Waals surface area contributed by atoms with E-state index in [4.69, 9.17) is 52.5 Å². The number of hydrogen-bond donors (Lipinski definition) is 2. The van der Waals surface area contributed by atoms with Gasteiger partial charge in [0.15, 0.2) is 0 Å². The lowest BCUT2D eigenvalue weighted by molar-refractivity contribution is -0.0865. The van der Waals surface area contributed by atoms with E-state index < -0.39 is 6.29 Å². The first kappa shape index (κ1) is 38.6. The molecule has 0 saturated carbocycles. The van der Waals surface area contributed by atoms with Gasteiger partial charge in [0.2, 0.25) is 6.29 Å². The lowest BCUT2D eigenvalue weighted by atomic mass is 9.86. The molecule has 42 heavy (non-hydrogen) atoms. The third-order valence-corrected chi connectivity index (χ3v) is 5.43. The van der Waals surface area contributed by atoms with Crippen molar-refractivity contribution in [2.75, 3.05) is 126 Å². The van der Waals surface area contributed by atoms with E-state index >= 15 is 0 Å². The molecule has 0 fully saturated rings. The van der Waals surface area contributed by atoms with E-state index in [-0.39, 0.29) is 18.6 Å². The van der Waals surface area contributed by atoms with Crippen LogP contribution in [-0.2, 0) is 48.0 Å². The van der Waals surface area contributed by atoms with Crippen LogP contribution in [0.25, 0.3) is 0 Å². The van der Waals surface area contributed by atoms with Crippen LogP contribution in [0, 0.1) is 0 Å². The summed E-state index contributed by atoms with van der Waals surface area (Å²) in [4.78, 5) is 0. The number of benzene rings is 1. The van der Waals surface area contributed by atoms with Crippen LogP contribution in [0.1, 0.15) is 26.3 Å². The SMILES string of the molecule is CC(C)(C)c1ccccc1OC(O)COCCOCCOCCOCCOCCOCCOCCOCCOCCO. The minimum atomic E-state index is -1.05. The van der Waals surface area contributed by atoms with Gasteiger partial charge in [-0.25, -0.2) is 0 Å². The van der Waals surface area contributed by atoms with E-state index in [1.807, 2.05) is 24.3 Å². The molecular weight excluding hydrogens is 552 g/mol. The van der Waals surface area contributed by atoms with Crippen LogP contribution in [0.5, 0.6) is 5.75 Å². The quantitative estimate of drug-likeness (QED) is 0.0978. The first-order valence-corrected chi connectivity index (χ1v) is 14.7. The van der Waals surface area contributed by atoms with Gasteiger partial charge in [0.1, 0.15) is 12.4 Å². The van der Waals surface area contributed by atoms with Gasteiger partial charge < -0.3 is 57.6 Å². The monoisotopic (exact) mass is 606 g/mol. The van der Waals surface area contributed by atoms with Crippen molar-refractivity contribution in [1.29, 1.82) is 0 Å². The van der Waals surface area contributed by atoms with Gasteiger partial charge in [0.05, 0.1) is 119 Å². The number of aliphatic hydroxyl groups excluding tert-OH is 2. The van der Waals surface area contributed by atoms with Gasteiger partial charge in [-0.2, -0.15) is 0 Å². The van der Waals surface area contributed by atoms with Gasteiger partial charge in [-0.1, -0.05) is 39.0 Å². The normalized spacial score (nSPS) is 12.6. The van der Waals surface area contributed by atoms with E-state index in [9.17, 15) is 5.11 Å². The third-order valence-electron chi connectivity index (χ3n) is 5.43. The molecule has 2 N–H and O–H groups in total. The summed E-state index contributed by atoms with van der Waals surface area (Å²) in [5.74, 6) is 0.659. The Morgan fingerprint density at radius 2 is 0.857 bits per heavy atom. The topological polar surface area (TPSA) is 133 Å². The van der Waals surface area contributed by atoms with Crippen molar-refractivity contribution >= 4 is 0 Å². The maximum absolute atomic E-state index is 10.1. The average Bonchev–Trinajstić information content (AvgIpc) is 2.96. The first-order valence-electron chi connectivity index (χ1n) is 14.7. The molecule has 0 saturated heterocycles. The van der Waals surface area contributed by atoms with E-state index in [1.54, 1.807) is 0 Å². The van der Waals surface area contributed by atoms with Crippen molar-refractivity contribution < 1.29 is 57.6 Å². The molecule has 12 nitrogen and oxygen atoms in total. The number of hydrogen-bond acceptors (Lipinski definition) is 12. The van der Waals surface area contributed by atoms with Gasteiger partial charge in [-0.15, -0.1) is 0 Å². The molecule has 1 atom stereocenters. The van der Waals surface area contributed by atoms with Crippen LogP contribution in [0.3, 0.4) is 0 Å². The second-order valence-corrected chi connectivity index (χ2v) is 10.0. The maximum atomic E-state index is 10.1. The molecule has 0 aliphatic carbocycles. The van der Waals surface area contributed by atoms with Crippen LogP contribution in [0.2, 0.25) is 0 Å². The molecule has 1 unspecified atom stereocenters. The molecule has 0 amide bonds. The molecule has 0 spiro atoms. The largest absolute Gasteiger partial charge is 0.462 e. The Morgan fingerprint density at radius 3 is 1.21 bits per heavy atom. The minimum absolute atomic E-state index is 0.0226. The predicted octanol–water partition coefficient (Wildman–Crippen LogP) is 1.82. The van der Waals surface area contributed by atoms with Gasteiger partial charge in [0.25, 0.3) is 0 Å². The second kappa shape index (κ2) is 27.2. The lowest BCUT2D eigenvalue weighted by Crippen LogP contribution is -2.25. The molecule has 246 valence electrons. The summed E-state index contributed by atoms with van der Waals surface area (Å²) in [5, 5.41) is 18.7.